The molecule has 6 nitrogen and oxygen atoms in total. The molecule has 0 aromatic heterocycles. The van der Waals surface area contributed by atoms with Crippen LogP contribution in [0.25, 0.3) is 0 Å². The smallest absolute Gasteiger partial charge is 0.159 e. The predicted molar refractivity (Wildman–Crippen MR) is 62.2 cm³/mol. The summed E-state index contributed by atoms with van der Waals surface area (Å²) in [6.07, 6.45) is -1.90. The molecule has 0 aromatic rings. The van der Waals surface area contributed by atoms with Gasteiger partial charge in [0.1, 0.15) is 23.2 Å². The quantitative estimate of drug-likeness (QED) is 0.472. The first-order chi connectivity index (χ1) is 7.64. The molecule has 4 unspecified atom stereocenters. The van der Waals surface area contributed by atoms with E-state index in [-0.39, 0.29) is 18.6 Å². The molecule has 0 bridgehead atoms. The number of ether oxygens (including phenoxy) is 1. The third-order valence-corrected chi connectivity index (χ3v) is 4.10. The van der Waals surface area contributed by atoms with Gasteiger partial charge in [-0.2, -0.15) is 0 Å². The van der Waals surface area contributed by atoms with Crippen molar-refractivity contribution in [2.24, 2.45) is 10.7 Å². The van der Waals surface area contributed by atoms with Gasteiger partial charge >= 0.3 is 0 Å². The van der Waals surface area contributed by atoms with Crippen LogP contribution < -0.4 is 11.1 Å². The van der Waals surface area contributed by atoms with Crippen LogP contribution in [0.5, 0.6) is 0 Å². The molecule has 2 heterocycles. The molecule has 0 aliphatic carbocycles. The zero-order valence-electron chi connectivity index (χ0n) is 9.09. The number of fused-ring (bicyclic) bond motifs is 1. The van der Waals surface area contributed by atoms with Crippen molar-refractivity contribution < 1.29 is 14.9 Å². The van der Waals surface area contributed by atoms with E-state index in [4.69, 9.17) is 10.5 Å². The Balaban J connectivity index is 2.25. The van der Waals surface area contributed by atoms with Crippen molar-refractivity contribution in [1.29, 1.82) is 0 Å². The van der Waals surface area contributed by atoms with Crippen LogP contribution in [0.4, 0.5) is 0 Å². The molecule has 4 atom stereocenters. The van der Waals surface area contributed by atoms with Crippen LogP contribution in [-0.4, -0.2) is 58.3 Å². The Morgan fingerprint density at radius 1 is 1.69 bits per heavy atom. The fourth-order valence-electron chi connectivity index (χ4n) is 1.96. The fourth-order valence-corrected chi connectivity index (χ4v) is 3.25. The molecule has 16 heavy (non-hydrogen) atoms. The van der Waals surface area contributed by atoms with Gasteiger partial charge in [-0.25, -0.2) is 4.99 Å². The highest BCUT2D eigenvalue weighted by molar-refractivity contribution is 8.14. The molecule has 92 valence electrons. The van der Waals surface area contributed by atoms with E-state index in [2.05, 4.69) is 10.3 Å². The summed E-state index contributed by atoms with van der Waals surface area (Å²) in [7, 11) is 0. The Kier molecular flexibility index (Phi) is 3.41. The van der Waals surface area contributed by atoms with Crippen molar-refractivity contribution >= 4 is 16.9 Å². The Morgan fingerprint density at radius 3 is 3.06 bits per heavy atom. The Bertz CT molecular complexity index is 302. The minimum absolute atomic E-state index is 0.121. The Morgan fingerprint density at radius 2 is 2.44 bits per heavy atom. The standard InChI is InChI=1S/C9H17N3O3S/c1-2-11-8-12-9(4-10)6(14)5(13)3-15-7(9)16-8/h5-7,13-14H,2-4,10H2,1H3,(H,11,12). The van der Waals surface area contributed by atoms with E-state index in [1.807, 2.05) is 6.92 Å². The Labute approximate surface area is 98.3 Å². The van der Waals surface area contributed by atoms with Crippen molar-refractivity contribution in [2.75, 3.05) is 19.7 Å². The average molecular weight is 247 g/mol. The molecule has 0 radical (unpaired) electrons. The van der Waals surface area contributed by atoms with Gasteiger partial charge in [0.05, 0.1) is 6.61 Å². The van der Waals surface area contributed by atoms with Crippen LogP contribution in [0.15, 0.2) is 4.99 Å². The summed E-state index contributed by atoms with van der Waals surface area (Å²) < 4.78 is 5.47. The van der Waals surface area contributed by atoms with Gasteiger partial charge in [-0.05, 0) is 6.92 Å². The maximum atomic E-state index is 10.0. The maximum Gasteiger partial charge on any atom is 0.159 e. The number of thioether (sulfide) groups is 1. The molecular weight excluding hydrogens is 230 g/mol. The van der Waals surface area contributed by atoms with E-state index >= 15 is 0 Å². The number of amidine groups is 1. The highest BCUT2D eigenvalue weighted by Crippen LogP contribution is 2.41. The molecule has 0 spiro atoms. The summed E-state index contributed by atoms with van der Waals surface area (Å²) in [5.74, 6) is 0. The zero-order valence-corrected chi connectivity index (χ0v) is 9.91. The fraction of sp³-hybridized carbons (Fsp3) is 0.889. The van der Waals surface area contributed by atoms with Gasteiger partial charge in [-0.3, -0.25) is 0 Å². The minimum Gasteiger partial charge on any atom is -0.388 e. The number of hydrogen-bond donors (Lipinski definition) is 4. The predicted octanol–water partition coefficient (Wildman–Crippen LogP) is -1.53. The lowest BCUT2D eigenvalue weighted by Crippen LogP contribution is -2.62. The number of nitrogens with zero attached hydrogens (tertiary/aromatic N) is 1. The highest BCUT2D eigenvalue weighted by Gasteiger charge is 2.55. The summed E-state index contributed by atoms with van der Waals surface area (Å²) >= 11 is 1.41. The van der Waals surface area contributed by atoms with Gasteiger partial charge < -0.3 is 26.0 Å². The largest absolute Gasteiger partial charge is 0.388 e. The van der Waals surface area contributed by atoms with Gasteiger partial charge in [-0.1, -0.05) is 11.8 Å². The van der Waals surface area contributed by atoms with E-state index in [0.29, 0.717) is 5.17 Å². The lowest BCUT2D eigenvalue weighted by molar-refractivity contribution is -0.137. The van der Waals surface area contributed by atoms with Gasteiger partial charge in [-0.15, -0.1) is 0 Å². The second-order valence-corrected chi connectivity index (χ2v) is 4.99. The topological polar surface area (TPSA) is 100 Å². The lowest BCUT2D eigenvalue weighted by atomic mass is 9.88. The average Bonchev–Trinajstić information content (AvgIpc) is 2.64. The first-order valence-corrected chi connectivity index (χ1v) is 6.20. The first kappa shape index (κ1) is 12.1. The molecular formula is C9H17N3O3S. The molecule has 2 aliphatic rings. The van der Waals surface area contributed by atoms with Crippen molar-refractivity contribution in [2.45, 2.75) is 30.1 Å². The van der Waals surface area contributed by atoms with E-state index in [1.165, 1.54) is 11.8 Å². The number of nitrogens with one attached hydrogen (secondary N) is 1. The van der Waals surface area contributed by atoms with Crippen LogP contribution in [0.2, 0.25) is 0 Å². The lowest BCUT2D eigenvalue weighted by Gasteiger charge is -2.41. The number of aliphatic hydroxyl groups is 2. The molecule has 1 saturated heterocycles. The van der Waals surface area contributed by atoms with Gasteiger partial charge in [0.15, 0.2) is 5.17 Å². The molecule has 5 N–H and O–H groups in total. The van der Waals surface area contributed by atoms with Crippen molar-refractivity contribution in [3.05, 3.63) is 0 Å². The van der Waals surface area contributed by atoms with E-state index in [0.717, 1.165) is 6.54 Å². The number of rotatable bonds is 2. The summed E-state index contributed by atoms with van der Waals surface area (Å²) in [6, 6.07) is 0. The third-order valence-electron chi connectivity index (χ3n) is 2.89. The van der Waals surface area contributed by atoms with Crippen LogP contribution in [-0.2, 0) is 4.74 Å². The molecule has 0 aromatic carbocycles. The third kappa shape index (κ3) is 1.72. The van der Waals surface area contributed by atoms with E-state index in [1.54, 1.807) is 0 Å². The van der Waals surface area contributed by atoms with Crippen LogP contribution in [0.1, 0.15) is 6.92 Å². The van der Waals surface area contributed by atoms with Gasteiger partial charge in [0, 0.05) is 13.1 Å². The molecule has 1 fully saturated rings. The monoisotopic (exact) mass is 247 g/mol. The second-order valence-electron chi connectivity index (χ2n) is 3.94. The number of hydrogen-bond acceptors (Lipinski definition) is 7. The molecule has 2 aliphatic heterocycles. The Hall–Kier alpha value is -0.340. The van der Waals surface area contributed by atoms with E-state index < -0.39 is 17.7 Å². The van der Waals surface area contributed by atoms with Crippen molar-refractivity contribution in [3.63, 3.8) is 0 Å². The second kappa shape index (κ2) is 4.50. The van der Waals surface area contributed by atoms with Crippen LogP contribution in [0.3, 0.4) is 0 Å². The molecule has 7 heteroatoms. The SMILES string of the molecule is CCNC1=NC2(CN)C(OCC(O)C2O)S1. The van der Waals surface area contributed by atoms with Crippen LogP contribution >= 0.6 is 11.8 Å². The number of nitrogens with two attached hydrogens (primary N) is 1. The molecule has 0 amide bonds. The van der Waals surface area contributed by atoms with Gasteiger partial charge in [0.2, 0.25) is 0 Å². The molecule has 0 saturated carbocycles. The van der Waals surface area contributed by atoms with Crippen molar-refractivity contribution in [3.8, 4) is 0 Å². The highest BCUT2D eigenvalue weighted by atomic mass is 32.2. The number of aliphatic imine (C=N–C) groups is 1. The zero-order chi connectivity index (χ0) is 11.8. The van der Waals surface area contributed by atoms with Gasteiger partial charge in [0.25, 0.3) is 0 Å². The molecule has 2 rings (SSSR count). The summed E-state index contributed by atoms with van der Waals surface area (Å²) in [6.45, 7) is 2.98. The summed E-state index contributed by atoms with van der Waals surface area (Å²) in [4.78, 5) is 4.39. The summed E-state index contributed by atoms with van der Waals surface area (Å²) in [5.41, 5.74) is 4.46. The maximum absolute atomic E-state index is 10.0. The van der Waals surface area contributed by atoms with Crippen molar-refractivity contribution in [1.82, 2.24) is 5.32 Å². The first-order valence-electron chi connectivity index (χ1n) is 5.32. The number of aliphatic hydroxyl groups excluding tert-OH is 2. The summed E-state index contributed by atoms with van der Waals surface area (Å²) in [5, 5.41) is 23.4. The van der Waals surface area contributed by atoms with Crippen LogP contribution in [0, 0.1) is 0 Å². The van der Waals surface area contributed by atoms with E-state index in [9.17, 15) is 10.2 Å². The minimum atomic E-state index is -0.972. The normalized spacial score (nSPS) is 42.8.